The molecule has 0 spiro atoms. The van der Waals surface area contributed by atoms with Crippen molar-refractivity contribution < 1.29 is 4.48 Å². The van der Waals surface area contributed by atoms with Gasteiger partial charge in [-0.15, -0.1) is 0 Å². The molecule has 0 atom stereocenters. The van der Waals surface area contributed by atoms with E-state index >= 15 is 0 Å². The van der Waals surface area contributed by atoms with E-state index < -0.39 is 5.96 Å². The molecule has 0 bridgehead atoms. The first kappa shape index (κ1) is 11.9. The number of hydroxylamine groups is 1. The van der Waals surface area contributed by atoms with Crippen LogP contribution in [0.25, 0.3) is 0 Å². The quantitative estimate of drug-likeness (QED) is 0.183. The molecule has 0 saturated carbocycles. The molecule has 5 nitrogen and oxygen atoms in total. The predicted molar refractivity (Wildman–Crippen MR) is 42.4 cm³/mol. The molecule has 0 fully saturated rings. The molecule has 4 N–H and O–H groups in total. The van der Waals surface area contributed by atoms with Crippen molar-refractivity contribution in [2.75, 3.05) is 28.2 Å². The van der Waals surface area contributed by atoms with E-state index in [1.165, 1.54) is 0 Å². The number of rotatable bonds is 0. The fourth-order valence-corrected chi connectivity index (χ4v) is 0. The van der Waals surface area contributed by atoms with Gasteiger partial charge < -0.3 is 20.9 Å². The van der Waals surface area contributed by atoms with Gasteiger partial charge >= 0.3 is 0 Å². The second-order valence-electron chi connectivity index (χ2n) is 3.20. The maximum Gasteiger partial charge on any atom is 0.174 e. The summed E-state index contributed by atoms with van der Waals surface area (Å²) in [5.41, 5.74) is 5.59. The van der Waals surface area contributed by atoms with Crippen molar-refractivity contribution in [2.24, 2.45) is 5.73 Å². The summed E-state index contributed by atoms with van der Waals surface area (Å²) in [5, 5.41) is 15.1. The van der Waals surface area contributed by atoms with Gasteiger partial charge in [-0.3, -0.25) is 5.41 Å². The van der Waals surface area contributed by atoms with Crippen molar-refractivity contribution in [3.05, 3.63) is 5.21 Å². The Morgan fingerprint density at radius 1 is 1.40 bits per heavy atom. The van der Waals surface area contributed by atoms with Gasteiger partial charge in [0.1, 0.15) is 0 Å². The third kappa shape index (κ3) is 195. The predicted octanol–water partition coefficient (Wildman–Crippen LogP) is -0.710. The lowest BCUT2D eigenvalue weighted by Gasteiger charge is -2.14. The zero-order valence-corrected chi connectivity index (χ0v) is 6.93. The molecular weight excluding hydrogens is 132 g/mol. The molecule has 0 amide bonds. The molecule has 0 aliphatic rings. The molecule has 0 radical (unpaired) electrons. The highest BCUT2D eigenvalue weighted by Gasteiger charge is 1.88. The third-order valence-electron chi connectivity index (χ3n) is 0.110. The van der Waals surface area contributed by atoms with Gasteiger partial charge in [0.05, 0.1) is 28.2 Å². The van der Waals surface area contributed by atoms with Crippen molar-refractivity contribution in [2.45, 2.75) is 0 Å². The molecule has 0 heterocycles. The Morgan fingerprint density at radius 2 is 1.50 bits per heavy atom. The summed E-state index contributed by atoms with van der Waals surface area (Å²) in [6.07, 6.45) is 0. The van der Waals surface area contributed by atoms with Gasteiger partial charge in [0.25, 0.3) is 0 Å². The minimum absolute atomic E-state index is 0.551. The van der Waals surface area contributed by atoms with E-state index in [9.17, 15) is 0 Å². The van der Waals surface area contributed by atoms with Crippen LogP contribution in [0.3, 0.4) is 0 Å². The van der Waals surface area contributed by atoms with E-state index in [4.69, 9.17) is 10.6 Å². The number of quaternary nitrogens is 1. The smallest absolute Gasteiger partial charge is 0.174 e. The number of hydrogen-bond donors (Lipinski definition) is 3. The first-order chi connectivity index (χ1) is 4.27. The minimum atomic E-state index is -0.551. The largest absolute Gasteiger partial charge is 0.759 e. The van der Waals surface area contributed by atoms with Crippen LogP contribution in [-0.2, 0) is 0 Å². The zero-order chi connectivity index (χ0) is 8.78. The molecule has 0 aliphatic heterocycles. The highest BCUT2D eigenvalue weighted by Crippen LogP contribution is 1.73. The van der Waals surface area contributed by atoms with Crippen molar-refractivity contribution in [3.8, 4) is 0 Å². The molecule has 0 aromatic carbocycles. The Morgan fingerprint density at radius 3 is 1.50 bits per heavy atom. The van der Waals surface area contributed by atoms with Crippen LogP contribution in [0, 0.1) is 10.6 Å². The van der Waals surface area contributed by atoms with Crippen LogP contribution < -0.4 is 11.2 Å². The van der Waals surface area contributed by atoms with Crippen LogP contribution >= 0.6 is 0 Å². The molecule has 10 heavy (non-hydrogen) atoms. The van der Waals surface area contributed by atoms with E-state index in [1.54, 1.807) is 0 Å². The number of hydrogen-bond acceptors (Lipinski definition) is 2. The second-order valence-corrected chi connectivity index (χ2v) is 3.20. The second kappa shape index (κ2) is 5.01. The summed E-state index contributed by atoms with van der Waals surface area (Å²) in [4.78, 5) is 0. The fraction of sp³-hybridized carbons (Fsp3) is 0.800. The van der Waals surface area contributed by atoms with E-state index in [2.05, 4.69) is 33.9 Å². The lowest BCUT2D eigenvalue weighted by molar-refractivity contribution is -0.849. The lowest BCUT2D eigenvalue weighted by atomic mass is 10.8. The molecule has 0 unspecified atom stereocenters. The number of nitrogens with one attached hydrogen (secondary N) is 2. The average molecular weight is 148 g/mol. The van der Waals surface area contributed by atoms with E-state index in [0.717, 1.165) is 9.96 Å². The Hall–Kier alpha value is -0.810. The van der Waals surface area contributed by atoms with Gasteiger partial charge in [0, 0.05) is 0 Å². The van der Waals surface area contributed by atoms with Gasteiger partial charge in [-0.2, -0.15) is 0 Å². The van der Waals surface area contributed by atoms with Crippen LogP contribution in [0.5, 0.6) is 0 Å². The Bertz CT molecular complexity index is 90.3. The molecule has 0 aliphatic carbocycles. The normalized spacial score (nSPS) is 9.30. The van der Waals surface area contributed by atoms with E-state index in [1.807, 2.05) is 0 Å². The molecule has 0 aromatic heterocycles. The van der Waals surface area contributed by atoms with E-state index in [0.29, 0.717) is 0 Å². The average Bonchev–Trinajstić information content (AvgIpc) is 1.61. The van der Waals surface area contributed by atoms with Crippen molar-refractivity contribution >= 4 is 5.96 Å². The topological polar surface area (TPSA) is 85.0 Å². The maximum absolute atomic E-state index is 9.03. The van der Waals surface area contributed by atoms with Crippen molar-refractivity contribution in [1.82, 2.24) is 5.48 Å². The summed E-state index contributed by atoms with van der Waals surface area (Å²) >= 11 is 0. The Kier molecular flexibility index (Phi) is 5.98. The summed E-state index contributed by atoms with van der Waals surface area (Å²) in [6, 6.07) is 0. The van der Waals surface area contributed by atoms with Crippen molar-refractivity contribution in [1.29, 1.82) is 5.41 Å². The van der Waals surface area contributed by atoms with Gasteiger partial charge in [0.2, 0.25) is 0 Å². The first-order valence-electron chi connectivity index (χ1n) is 2.78. The van der Waals surface area contributed by atoms with Crippen LogP contribution in [0.1, 0.15) is 0 Å². The molecule has 0 rings (SSSR count). The van der Waals surface area contributed by atoms with Gasteiger partial charge in [-0.1, -0.05) is 0 Å². The zero-order valence-electron chi connectivity index (χ0n) is 6.93. The van der Waals surface area contributed by atoms with Crippen LogP contribution in [0.2, 0.25) is 0 Å². The molecule has 5 heteroatoms. The SMILES string of the molecule is C[N+](C)(C)C.N=C(N)N[O-]. The summed E-state index contributed by atoms with van der Waals surface area (Å²) in [6.45, 7) is 0. The number of guanidine groups is 1. The summed E-state index contributed by atoms with van der Waals surface area (Å²) < 4.78 is 1.00. The summed E-state index contributed by atoms with van der Waals surface area (Å²) in [5.74, 6) is -0.551. The van der Waals surface area contributed by atoms with Crippen LogP contribution in [0.4, 0.5) is 0 Å². The molecular formula is C5H16N4O. The Labute approximate surface area is 61.5 Å². The highest BCUT2D eigenvalue weighted by molar-refractivity contribution is 5.74. The number of nitrogens with zero attached hydrogens (tertiary/aromatic N) is 1. The van der Waals surface area contributed by atoms with Crippen molar-refractivity contribution in [3.63, 3.8) is 0 Å². The highest BCUT2D eigenvalue weighted by atomic mass is 16.5. The summed E-state index contributed by atoms with van der Waals surface area (Å²) in [7, 11) is 8.50. The van der Waals surface area contributed by atoms with Gasteiger partial charge in [0.15, 0.2) is 5.96 Å². The molecule has 0 aromatic rings. The Balaban J connectivity index is 0. The monoisotopic (exact) mass is 148 g/mol. The third-order valence-corrected chi connectivity index (χ3v) is 0.110. The standard InChI is InChI=1S/C4H12N.CH4N3O/c1-5(2,3)4;2-1(3)4-5/h1-4H3;(H4-,2,3,4,5)/q+1;-1. The molecule has 62 valence electrons. The lowest BCUT2D eigenvalue weighted by Crippen LogP contribution is -2.27. The van der Waals surface area contributed by atoms with Crippen LogP contribution in [0.15, 0.2) is 0 Å². The first-order valence-corrected chi connectivity index (χ1v) is 2.78. The van der Waals surface area contributed by atoms with E-state index in [-0.39, 0.29) is 0 Å². The minimum Gasteiger partial charge on any atom is -0.759 e. The van der Waals surface area contributed by atoms with Crippen LogP contribution in [-0.4, -0.2) is 38.6 Å². The maximum atomic E-state index is 9.03. The van der Waals surface area contributed by atoms with Gasteiger partial charge in [-0.05, 0) is 0 Å². The molecule has 0 saturated heterocycles. The fourth-order valence-electron chi connectivity index (χ4n) is 0. The number of nitrogens with two attached hydrogens (primary N) is 1. The van der Waals surface area contributed by atoms with Gasteiger partial charge in [-0.25, -0.2) is 0 Å².